The minimum Gasteiger partial charge on any atom is -0.286 e. The molecule has 3 nitrogen and oxygen atoms in total. The lowest BCUT2D eigenvalue weighted by Gasteiger charge is -2.07. The van der Waals surface area contributed by atoms with Crippen molar-refractivity contribution in [2.24, 2.45) is 11.3 Å². The van der Waals surface area contributed by atoms with Gasteiger partial charge >= 0.3 is 0 Å². The Hall–Kier alpha value is -2.08. The second-order valence-electron chi connectivity index (χ2n) is 6.88. The fourth-order valence-electron chi connectivity index (χ4n) is 2.11. The molecule has 0 atom stereocenters. The summed E-state index contributed by atoms with van der Waals surface area (Å²) in [6.07, 6.45) is 0.990. The van der Waals surface area contributed by atoms with Crippen LogP contribution < -0.4 is 5.43 Å². The Bertz CT molecular complexity index is 768. The number of nitrogens with zero attached hydrogens (tertiary/aromatic N) is 1. The van der Waals surface area contributed by atoms with E-state index in [2.05, 4.69) is 35.9 Å². The Balaban J connectivity index is 2.48. The molecule has 1 aromatic carbocycles. The van der Waals surface area contributed by atoms with Crippen LogP contribution in [0.25, 0.3) is 10.9 Å². The van der Waals surface area contributed by atoms with Crippen LogP contribution in [-0.2, 0) is 6.42 Å². The largest absolute Gasteiger partial charge is 0.286 e. The molecule has 21 heavy (non-hydrogen) atoms. The van der Waals surface area contributed by atoms with Gasteiger partial charge in [-0.25, -0.2) is 0 Å². The minimum absolute atomic E-state index is 0.100. The van der Waals surface area contributed by atoms with Crippen LogP contribution in [0.3, 0.4) is 0 Å². The molecular weight excluding hydrogens is 260 g/mol. The highest BCUT2D eigenvalue weighted by Crippen LogP contribution is 2.14. The molecule has 0 aliphatic carbocycles. The van der Waals surface area contributed by atoms with Gasteiger partial charge in [-0.1, -0.05) is 25.8 Å². The number of aromatic nitrogens is 2. The first-order valence-corrected chi connectivity index (χ1v) is 7.31. The fraction of sp³-hybridized carbons (Fsp3) is 0.444. The Labute approximate surface area is 125 Å². The minimum atomic E-state index is -0.149. The number of aromatic amines is 1. The van der Waals surface area contributed by atoms with Crippen LogP contribution >= 0.6 is 0 Å². The van der Waals surface area contributed by atoms with Gasteiger partial charge in [-0.05, 0) is 56.7 Å². The highest BCUT2D eigenvalue weighted by molar-refractivity contribution is 5.79. The Morgan fingerprint density at radius 2 is 2.00 bits per heavy atom. The van der Waals surface area contributed by atoms with E-state index < -0.39 is 0 Å². The first kappa shape index (κ1) is 15.3. The molecule has 1 heterocycles. The molecule has 1 aromatic heterocycles. The number of hydrogen-bond acceptors (Lipinski definition) is 2. The molecule has 0 spiro atoms. The van der Waals surface area contributed by atoms with E-state index in [0.717, 1.165) is 11.9 Å². The summed E-state index contributed by atoms with van der Waals surface area (Å²) in [7, 11) is 0. The smallest absolute Gasteiger partial charge is 0.223 e. The van der Waals surface area contributed by atoms with Gasteiger partial charge in [-0.3, -0.25) is 9.89 Å². The zero-order valence-corrected chi connectivity index (χ0v) is 13.4. The Morgan fingerprint density at radius 3 is 2.62 bits per heavy atom. The Kier molecular flexibility index (Phi) is 4.18. The van der Waals surface area contributed by atoms with Gasteiger partial charge in [0.05, 0.1) is 10.9 Å². The maximum atomic E-state index is 12.4. The predicted octanol–water partition coefficient (Wildman–Crippen LogP) is 3.52. The van der Waals surface area contributed by atoms with Crippen molar-refractivity contribution in [1.29, 1.82) is 0 Å². The number of fused-ring (bicyclic) bond motifs is 1. The van der Waals surface area contributed by atoms with E-state index in [9.17, 15) is 4.79 Å². The highest BCUT2D eigenvalue weighted by atomic mass is 16.1. The molecule has 0 radical (unpaired) electrons. The van der Waals surface area contributed by atoms with Crippen molar-refractivity contribution in [1.82, 2.24) is 10.2 Å². The van der Waals surface area contributed by atoms with Gasteiger partial charge in [0.15, 0.2) is 5.69 Å². The Morgan fingerprint density at radius 1 is 1.29 bits per heavy atom. The van der Waals surface area contributed by atoms with Gasteiger partial charge in [0.1, 0.15) is 0 Å². The number of H-pyrrole nitrogens is 1. The zero-order chi connectivity index (χ0) is 15.6. The second kappa shape index (κ2) is 5.73. The third-order valence-corrected chi connectivity index (χ3v) is 3.03. The molecule has 0 fully saturated rings. The van der Waals surface area contributed by atoms with Gasteiger partial charge in [-0.15, -0.1) is 0 Å². The number of benzene rings is 1. The van der Waals surface area contributed by atoms with Crippen LogP contribution in [0.2, 0.25) is 0 Å². The summed E-state index contributed by atoms with van der Waals surface area (Å²) in [5.41, 5.74) is 2.03. The number of nitrogens with one attached hydrogen (secondary N) is 1. The third-order valence-electron chi connectivity index (χ3n) is 3.03. The van der Waals surface area contributed by atoms with Crippen molar-refractivity contribution in [3.8, 4) is 11.8 Å². The number of hydrogen-bond donors (Lipinski definition) is 1. The van der Waals surface area contributed by atoms with Gasteiger partial charge in [0, 0.05) is 5.41 Å². The van der Waals surface area contributed by atoms with Crippen LogP contribution in [0.1, 0.15) is 45.9 Å². The number of rotatable bonds is 2. The lowest BCUT2D eigenvalue weighted by atomic mass is 9.98. The van der Waals surface area contributed by atoms with Crippen LogP contribution in [0, 0.1) is 23.2 Å². The molecule has 0 saturated carbocycles. The lowest BCUT2D eigenvalue weighted by molar-refractivity contribution is 0.571. The summed E-state index contributed by atoms with van der Waals surface area (Å²) in [5.74, 6) is 6.52. The summed E-state index contributed by atoms with van der Waals surface area (Å²) in [6.45, 7) is 10.4. The van der Waals surface area contributed by atoms with E-state index in [1.54, 1.807) is 0 Å². The topological polar surface area (TPSA) is 45.8 Å². The van der Waals surface area contributed by atoms with Crippen LogP contribution in [-0.4, -0.2) is 10.2 Å². The van der Waals surface area contributed by atoms with Crippen molar-refractivity contribution in [2.45, 2.75) is 41.0 Å². The zero-order valence-electron chi connectivity index (χ0n) is 13.4. The van der Waals surface area contributed by atoms with Gasteiger partial charge in [0.2, 0.25) is 5.43 Å². The SMILES string of the molecule is CC(C)Cc1ccc2c(=O)c(C#CC(C)(C)C)n[nH]c2c1. The van der Waals surface area contributed by atoms with E-state index in [0.29, 0.717) is 11.3 Å². The molecule has 2 aromatic rings. The van der Waals surface area contributed by atoms with Crippen LogP contribution in [0.4, 0.5) is 0 Å². The molecule has 0 bridgehead atoms. The van der Waals surface area contributed by atoms with Crippen molar-refractivity contribution >= 4 is 10.9 Å². The van der Waals surface area contributed by atoms with Crippen molar-refractivity contribution in [3.05, 3.63) is 39.7 Å². The highest BCUT2D eigenvalue weighted by Gasteiger charge is 2.08. The van der Waals surface area contributed by atoms with Gasteiger partial charge in [0.25, 0.3) is 0 Å². The maximum absolute atomic E-state index is 12.4. The van der Waals surface area contributed by atoms with E-state index in [4.69, 9.17) is 0 Å². The molecule has 2 rings (SSSR count). The van der Waals surface area contributed by atoms with Crippen molar-refractivity contribution in [2.75, 3.05) is 0 Å². The van der Waals surface area contributed by atoms with Crippen molar-refractivity contribution < 1.29 is 0 Å². The summed E-state index contributed by atoms with van der Waals surface area (Å²) in [5, 5.41) is 7.73. The van der Waals surface area contributed by atoms with Gasteiger partial charge in [-0.2, -0.15) is 5.10 Å². The monoisotopic (exact) mass is 282 g/mol. The normalized spacial score (nSPS) is 11.5. The average Bonchev–Trinajstić information content (AvgIpc) is 2.36. The molecule has 0 unspecified atom stereocenters. The fourth-order valence-corrected chi connectivity index (χ4v) is 2.11. The van der Waals surface area contributed by atoms with Crippen molar-refractivity contribution in [3.63, 3.8) is 0 Å². The summed E-state index contributed by atoms with van der Waals surface area (Å²) < 4.78 is 0. The molecular formula is C18H22N2O. The average molecular weight is 282 g/mol. The summed E-state index contributed by atoms with van der Waals surface area (Å²) in [6, 6.07) is 5.89. The second-order valence-corrected chi connectivity index (χ2v) is 6.88. The van der Waals surface area contributed by atoms with Crippen LogP contribution in [0.5, 0.6) is 0 Å². The van der Waals surface area contributed by atoms with Gasteiger partial charge < -0.3 is 0 Å². The molecule has 0 aliphatic heterocycles. The predicted molar refractivity (Wildman–Crippen MR) is 87.2 cm³/mol. The van der Waals surface area contributed by atoms with E-state index >= 15 is 0 Å². The lowest BCUT2D eigenvalue weighted by Crippen LogP contribution is -2.12. The third kappa shape index (κ3) is 3.95. The van der Waals surface area contributed by atoms with E-state index in [-0.39, 0.29) is 16.5 Å². The summed E-state index contributed by atoms with van der Waals surface area (Å²) in [4.78, 5) is 12.4. The summed E-state index contributed by atoms with van der Waals surface area (Å²) >= 11 is 0. The van der Waals surface area contributed by atoms with E-state index in [1.807, 2.05) is 39.0 Å². The molecule has 1 N–H and O–H groups in total. The molecule has 110 valence electrons. The molecule has 0 aliphatic rings. The van der Waals surface area contributed by atoms with E-state index in [1.165, 1.54) is 5.56 Å². The molecule has 0 amide bonds. The maximum Gasteiger partial charge on any atom is 0.223 e. The van der Waals surface area contributed by atoms with Crippen LogP contribution in [0.15, 0.2) is 23.0 Å². The molecule has 3 heteroatoms. The molecule has 0 saturated heterocycles. The first-order chi connectivity index (χ1) is 9.76. The standard InChI is InChI=1S/C18H22N2O/c1-12(2)10-13-6-7-14-16(11-13)20-19-15(17(14)21)8-9-18(3,4)5/h6-7,11-12H,10H2,1-5H3,(H,20,21). The quantitative estimate of drug-likeness (QED) is 0.857. The first-order valence-electron chi connectivity index (χ1n) is 7.31.